The molecule has 4 N–H and O–H groups in total. The lowest BCUT2D eigenvalue weighted by Crippen LogP contribution is -2.47. The van der Waals surface area contributed by atoms with E-state index >= 15 is 0 Å². The van der Waals surface area contributed by atoms with Crippen LogP contribution in [0, 0.1) is 23.2 Å². The molecule has 6 nitrogen and oxygen atoms in total. The van der Waals surface area contributed by atoms with Crippen molar-refractivity contribution in [1.82, 2.24) is 10.6 Å². The number of nitrogens with one attached hydrogen (secondary N) is 2. The molecule has 1 aromatic rings. The Hall–Kier alpha value is -2.89. The van der Waals surface area contributed by atoms with E-state index in [0.29, 0.717) is 28.8 Å². The largest absolute Gasteiger partial charge is 0.397 e. The molecule has 0 aromatic heterocycles. The molecule has 1 aromatic carbocycles. The van der Waals surface area contributed by atoms with Crippen LogP contribution in [0.2, 0.25) is 0 Å². The van der Waals surface area contributed by atoms with Crippen LogP contribution >= 0.6 is 0 Å². The van der Waals surface area contributed by atoms with Gasteiger partial charge in [0, 0.05) is 29.4 Å². The normalized spacial score (nSPS) is 27.1. The van der Waals surface area contributed by atoms with Crippen molar-refractivity contribution in [2.45, 2.75) is 97.4 Å². The van der Waals surface area contributed by atoms with E-state index in [2.05, 4.69) is 22.5 Å². The van der Waals surface area contributed by atoms with E-state index in [1.165, 1.54) is 25.7 Å². The van der Waals surface area contributed by atoms with E-state index in [4.69, 9.17) is 5.73 Å². The van der Waals surface area contributed by atoms with E-state index in [9.17, 15) is 9.59 Å². The average Bonchev–Trinajstić information content (AvgIpc) is 3.43. The standard InChI is InChI=1S/C32H46N4O2/c1-4-23-17-24-9-8-16-32(19-23,20-24)31(38)36-26(5-2)14-12-22(3)21-34-29-18-25(13-15-28(29)33)30(37)35-27-10-6-7-11-27/h5,12-15,18,21-24,27H,4,6-11,16-17,19-20,33H2,1-3H3,(H,35,37)(H,36,38)/b14-12-,26-5+,34-21?. The monoisotopic (exact) mass is 518 g/mol. The molecule has 0 radical (unpaired) electrons. The van der Waals surface area contributed by atoms with Gasteiger partial charge in [0.1, 0.15) is 0 Å². The Morgan fingerprint density at radius 1 is 1.18 bits per heavy atom. The van der Waals surface area contributed by atoms with Gasteiger partial charge in [0.25, 0.3) is 5.91 Å². The van der Waals surface area contributed by atoms with Gasteiger partial charge in [-0.1, -0.05) is 58.1 Å². The topological polar surface area (TPSA) is 96.6 Å². The third-order valence-corrected chi connectivity index (χ3v) is 8.93. The van der Waals surface area contributed by atoms with Crippen molar-refractivity contribution in [2.75, 3.05) is 5.73 Å². The number of nitrogens with two attached hydrogens (primary N) is 1. The molecule has 2 bridgehead atoms. The van der Waals surface area contributed by atoms with Crippen molar-refractivity contribution in [3.8, 4) is 0 Å². The van der Waals surface area contributed by atoms with Gasteiger partial charge in [-0.15, -0.1) is 0 Å². The number of hydrogen-bond acceptors (Lipinski definition) is 4. The number of hydrogen-bond donors (Lipinski definition) is 3. The molecule has 38 heavy (non-hydrogen) atoms. The summed E-state index contributed by atoms with van der Waals surface area (Å²) in [5, 5.41) is 6.36. The van der Waals surface area contributed by atoms with Crippen LogP contribution in [-0.2, 0) is 4.79 Å². The van der Waals surface area contributed by atoms with Crippen LogP contribution in [0.4, 0.5) is 11.4 Å². The molecule has 0 heterocycles. The van der Waals surface area contributed by atoms with Gasteiger partial charge in [-0.25, -0.2) is 0 Å². The van der Waals surface area contributed by atoms with Gasteiger partial charge in [0.2, 0.25) is 5.91 Å². The van der Waals surface area contributed by atoms with Crippen LogP contribution in [0.15, 0.2) is 47.1 Å². The molecule has 6 heteroatoms. The van der Waals surface area contributed by atoms with Crippen LogP contribution in [0.3, 0.4) is 0 Å². The summed E-state index contributed by atoms with van der Waals surface area (Å²) in [6.07, 6.45) is 20.2. The Kier molecular flexibility index (Phi) is 9.45. The molecular weight excluding hydrogens is 472 g/mol. The van der Waals surface area contributed by atoms with Gasteiger partial charge >= 0.3 is 0 Å². The first kappa shape index (κ1) is 28.1. The van der Waals surface area contributed by atoms with E-state index in [-0.39, 0.29) is 29.2 Å². The molecule has 3 saturated carbocycles. The smallest absolute Gasteiger partial charge is 0.251 e. The summed E-state index contributed by atoms with van der Waals surface area (Å²) in [5.74, 6) is 1.52. The van der Waals surface area contributed by atoms with Gasteiger partial charge in [0.05, 0.1) is 16.8 Å². The van der Waals surface area contributed by atoms with Gasteiger partial charge < -0.3 is 16.4 Å². The van der Waals surface area contributed by atoms with Gasteiger partial charge in [-0.05, 0) is 81.6 Å². The number of allylic oxidation sites excluding steroid dienone is 3. The first-order chi connectivity index (χ1) is 18.3. The van der Waals surface area contributed by atoms with Crippen LogP contribution in [0.5, 0.6) is 0 Å². The maximum atomic E-state index is 13.5. The van der Waals surface area contributed by atoms with E-state index < -0.39 is 0 Å². The number of carbonyl (C=O) groups excluding carboxylic acids is 2. The van der Waals surface area contributed by atoms with Crippen molar-refractivity contribution in [3.63, 3.8) is 0 Å². The molecule has 3 aliphatic carbocycles. The lowest BCUT2D eigenvalue weighted by atomic mass is 9.58. The number of nitrogen functional groups attached to an aromatic ring is 1. The maximum Gasteiger partial charge on any atom is 0.251 e. The third kappa shape index (κ3) is 6.95. The molecule has 3 fully saturated rings. The first-order valence-electron chi connectivity index (χ1n) is 14.7. The summed E-state index contributed by atoms with van der Waals surface area (Å²) < 4.78 is 0. The minimum absolute atomic E-state index is 0.0219. The summed E-state index contributed by atoms with van der Waals surface area (Å²) in [6.45, 7) is 6.26. The van der Waals surface area contributed by atoms with Crippen LogP contribution in [0.25, 0.3) is 0 Å². The van der Waals surface area contributed by atoms with Gasteiger partial charge in [-0.2, -0.15) is 0 Å². The number of nitrogens with zero attached hydrogens (tertiary/aromatic N) is 1. The van der Waals surface area contributed by atoms with Crippen LogP contribution in [0.1, 0.15) is 102 Å². The zero-order valence-corrected chi connectivity index (χ0v) is 23.5. The summed E-state index contributed by atoms with van der Waals surface area (Å²) in [6, 6.07) is 5.53. The molecule has 206 valence electrons. The summed E-state index contributed by atoms with van der Waals surface area (Å²) in [5.41, 5.74) is 8.49. The Morgan fingerprint density at radius 3 is 2.71 bits per heavy atom. The Labute approximate surface area is 228 Å². The highest BCUT2D eigenvalue weighted by Crippen LogP contribution is 2.52. The van der Waals surface area contributed by atoms with E-state index in [1.807, 2.05) is 38.3 Å². The minimum atomic E-state index is -0.205. The Morgan fingerprint density at radius 2 is 1.97 bits per heavy atom. The predicted molar refractivity (Wildman–Crippen MR) is 156 cm³/mol. The van der Waals surface area contributed by atoms with Crippen molar-refractivity contribution < 1.29 is 9.59 Å². The summed E-state index contributed by atoms with van der Waals surface area (Å²) in [7, 11) is 0. The summed E-state index contributed by atoms with van der Waals surface area (Å²) in [4.78, 5) is 30.7. The van der Waals surface area contributed by atoms with E-state index in [1.54, 1.807) is 18.2 Å². The molecule has 4 atom stereocenters. The molecule has 2 amide bonds. The van der Waals surface area contributed by atoms with Crippen LogP contribution in [-0.4, -0.2) is 24.1 Å². The highest BCUT2D eigenvalue weighted by atomic mass is 16.2. The Bertz CT molecular complexity index is 1080. The maximum absolute atomic E-state index is 13.5. The number of fused-ring (bicyclic) bond motifs is 2. The fourth-order valence-electron chi connectivity index (χ4n) is 6.70. The van der Waals surface area contributed by atoms with Crippen molar-refractivity contribution >= 4 is 29.4 Å². The SMILES string of the molecule is C/C=C(\C=C/C(C)C=Nc1cc(C(=O)NC2CCCC2)ccc1N)NC(=O)C12CCCC(CC(CC)C1)C2. The highest BCUT2D eigenvalue weighted by molar-refractivity contribution is 5.96. The minimum Gasteiger partial charge on any atom is -0.397 e. The molecule has 3 aliphatic rings. The zero-order valence-electron chi connectivity index (χ0n) is 23.5. The van der Waals surface area contributed by atoms with Crippen LogP contribution < -0.4 is 16.4 Å². The number of amides is 2. The number of benzene rings is 1. The van der Waals surface area contributed by atoms with Gasteiger partial charge in [-0.3, -0.25) is 14.6 Å². The highest BCUT2D eigenvalue weighted by Gasteiger charge is 2.47. The number of aliphatic imine (C=N–C) groups is 1. The fraction of sp³-hybridized carbons (Fsp3) is 0.594. The second-order valence-electron chi connectivity index (χ2n) is 11.9. The average molecular weight is 519 g/mol. The first-order valence-corrected chi connectivity index (χ1v) is 14.7. The van der Waals surface area contributed by atoms with Crippen molar-refractivity contribution in [1.29, 1.82) is 0 Å². The second-order valence-corrected chi connectivity index (χ2v) is 11.9. The van der Waals surface area contributed by atoms with Gasteiger partial charge in [0.15, 0.2) is 0 Å². The second kappa shape index (κ2) is 12.8. The fourth-order valence-corrected chi connectivity index (χ4v) is 6.70. The molecule has 4 rings (SSSR count). The molecule has 0 saturated heterocycles. The lowest BCUT2D eigenvalue weighted by Gasteiger charge is -2.47. The van der Waals surface area contributed by atoms with Crippen molar-refractivity contribution in [3.05, 3.63) is 47.7 Å². The predicted octanol–water partition coefficient (Wildman–Crippen LogP) is 6.85. The van der Waals surface area contributed by atoms with Crippen molar-refractivity contribution in [2.24, 2.45) is 28.2 Å². The quantitative estimate of drug-likeness (QED) is 0.189. The lowest BCUT2D eigenvalue weighted by molar-refractivity contribution is -0.137. The number of rotatable bonds is 9. The zero-order chi connectivity index (χ0) is 27.1. The third-order valence-electron chi connectivity index (χ3n) is 8.93. The van der Waals surface area contributed by atoms with E-state index in [0.717, 1.165) is 50.6 Å². The molecule has 0 spiro atoms. The number of anilines is 1. The molecule has 0 aliphatic heterocycles. The summed E-state index contributed by atoms with van der Waals surface area (Å²) >= 11 is 0. The molecule has 4 unspecified atom stereocenters. The number of carbonyl (C=O) groups is 2. The Balaban J connectivity index is 1.36. The molecular formula is C32H46N4O2.